The van der Waals surface area contributed by atoms with Crippen molar-refractivity contribution in [1.29, 1.82) is 0 Å². The molecule has 1 fully saturated rings. The van der Waals surface area contributed by atoms with Gasteiger partial charge in [0.1, 0.15) is 18.7 Å². The zero-order chi connectivity index (χ0) is 46.4. The number of nitrogens with one attached hydrogen (secondary N) is 3. The minimum absolute atomic E-state index is 0.00185. The molecule has 16 heteroatoms. The Morgan fingerprint density at radius 3 is 1.95 bits per heavy atom. The standard InChI is InChI=1S/C46H79N5O11/c1-13-32(6)40(49-44(54)39(30(2)3)48-45(55)41(31(4)5)50(8)9)37(58-11)29-38(52)51-21-17-20-36(51)42(59-12)33(7)43(53)47-35(28-34-18-15-14-16-19-34)46(56)62-27-26-61-25-24-60-23-22-57-10/h14-16,18-19,30-33,35-37,39-42H,13,17,20-29H2,1-12H3,(H,47,53)(H,48,55)(H,49,54)/t32-,33+,35-,36-,37+,39-,40-,41-,42+/m0/s1. The highest BCUT2D eigenvalue weighted by molar-refractivity contribution is 5.90. The van der Waals surface area contributed by atoms with Gasteiger partial charge in [-0.1, -0.05) is 85.2 Å². The van der Waals surface area contributed by atoms with Gasteiger partial charge in [0, 0.05) is 34.3 Å². The molecule has 0 aliphatic carbocycles. The lowest BCUT2D eigenvalue weighted by molar-refractivity contribution is -0.151. The fourth-order valence-electron chi connectivity index (χ4n) is 8.06. The van der Waals surface area contributed by atoms with E-state index in [0.29, 0.717) is 52.2 Å². The van der Waals surface area contributed by atoms with Crippen molar-refractivity contribution in [2.45, 2.75) is 123 Å². The van der Waals surface area contributed by atoms with Crippen LogP contribution in [0, 0.1) is 23.7 Å². The van der Waals surface area contributed by atoms with Crippen LogP contribution in [-0.2, 0) is 58.8 Å². The average Bonchev–Trinajstić information content (AvgIpc) is 3.72. The zero-order valence-electron chi connectivity index (χ0n) is 39.6. The first-order chi connectivity index (χ1) is 29.5. The van der Waals surface area contributed by atoms with Crippen molar-refractivity contribution in [3.05, 3.63) is 35.9 Å². The lowest BCUT2D eigenvalue weighted by atomic mass is 9.90. The van der Waals surface area contributed by atoms with Crippen molar-refractivity contribution in [1.82, 2.24) is 25.8 Å². The Kier molecular flexibility index (Phi) is 25.4. The largest absolute Gasteiger partial charge is 0.462 e. The van der Waals surface area contributed by atoms with Gasteiger partial charge in [0.25, 0.3) is 0 Å². The maximum Gasteiger partial charge on any atom is 0.329 e. The third-order valence-electron chi connectivity index (χ3n) is 11.7. The zero-order valence-corrected chi connectivity index (χ0v) is 39.6. The molecule has 3 N–H and O–H groups in total. The number of esters is 1. The maximum atomic E-state index is 14.3. The van der Waals surface area contributed by atoms with Gasteiger partial charge in [-0.05, 0) is 50.3 Å². The van der Waals surface area contributed by atoms with Crippen molar-refractivity contribution >= 4 is 29.6 Å². The molecule has 0 bridgehead atoms. The lowest BCUT2D eigenvalue weighted by Gasteiger charge is -2.37. The summed E-state index contributed by atoms with van der Waals surface area (Å²) in [4.78, 5) is 72.6. The monoisotopic (exact) mass is 878 g/mol. The summed E-state index contributed by atoms with van der Waals surface area (Å²) in [5, 5.41) is 9.05. The molecule has 1 aromatic rings. The molecule has 1 aromatic carbocycles. The molecule has 354 valence electrons. The van der Waals surface area contributed by atoms with Gasteiger partial charge in [-0.25, -0.2) is 4.79 Å². The number of methoxy groups -OCH3 is 3. The molecule has 9 atom stereocenters. The molecular weight excluding hydrogens is 799 g/mol. The molecule has 62 heavy (non-hydrogen) atoms. The number of nitrogens with zero attached hydrogens (tertiary/aromatic N) is 2. The van der Waals surface area contributed by atoms with Gasteiger partial charge >= 0.3 is 5.97 Å². The summed E-state index contributed by atoms with van der Waals surface area (Å²) < 4.78 is 33.3. The summed E-state index contributed by atoms with van der Waals surface area (Å²) in [6.07, 6.45) is 0.842. The van der Waals surface area contributed by atoms with E-state index in [9.17, 15) is 24.0 Å². The molecule has 1 saturated heterocycles. The fraction of sp³-hybridized carbons (Fsp3) is 0.761. The SMILES string of the molecule is CC[C@H](C)[C@H](NC(=O)[C@@H](NC(=O)[C@H](C(C)C)N(C)C)C(C)C)[C@@H](CC(=O)N1CCC[C@H]1[C@H](OC)[C@@H](C)C(=O)N[C@@H](Cc1ccccc1)C(=O)OCCOCCOCCOC)OC. The van der Waals surface area contributed by atoms with Crippen LogP contribution in [0.4, 0.5) is 0 Å². The predicted octanol–water partition coefficient (Wildman–Crippen LogP) is 3.24. The van der Waals surface area contributed by atoms with E-state index in [0.717, 1.165) is 5.56 Å². The highest BCUT2D eigenvalue weighted by Gasteiger charge is 2.42. The predicted molar refractivity (Wildman–Crippen MR) is 237 cm³/mol. The Hall–Kier alpha value is -3.67. The second kappa shape index (κ2) is 28.9. The number of amides is 4. The van der Waals surface area contributed by atoms with E-state index in [1.54, 1.807) is 18.9 Å². The van der Waals surface area contributed by atoms with Gasteiger partial charge < -0.3 is 49.3 Å². The second-order valence-corrected chi connectivity index (χ2v) is 17.2. The molecule has 1 aliphatic heterocycles. The number of likely N-dealkylation sites (tertiary alicyclic amines) is 1. The van der Waals surface area contributed by atoms with Gasteiger partial charge in [-0.15, -0.1) is 0 Å². The van der Waals surface area contributed by atoms with Crippen LogP contribution in [0.25, 0.3) is 0 Å². The van der Waals surface area contributed by atoms with E-state index in [1.807, 2.05) is 90.9 Å². The molecule has 16 nitrogen and oxygen atoms in total. The lowest BCUT2D eigenvalue weighted by Crippen LogP contribution is -2.59. The number of ether oxygens (including phenoxy) is 6. The summed E-state index contributed by atoms with van der Waals surface area (Å²) in [7, 11) is 8.33. The summed E-state index contributed by atoms with van der Waals surface area (Å²) in [6, 6.07) is 6.20. The van der Waals surface area contributed by atoms with Crippen LogP contribution < -0.4 is 16.0 Å². The first-order valence-corrected chi connectivity index (χ1v) is 22.3. The van der Waals surface area contributed by atoms with Gasteiger partial charge in [-0.3, -0.25) is 24.1 Å². The number of carbonyl (C=O) groups is 5. The molecule has 4 amide bonds. The van der Waals surface area contributed by atoms with Gasteiger partial charge in [0.15, 0.2) is 0 Å². The number of hydrogen-bond donors (Lipinski definition) is 3. The minimum atomic E-state index is -0.980. The third kappa shape index (κ3) is 17.5. The van der Waals surface area contributed by atoms with Crippen molar-refractivity contribution in [3.8, 4) is 0 Å². The van der Waals surface area contributed by atoms with Crippen LogP contribution >= 0.6 is 0 Å². The molecule has 1 heterocycles. The summed E-state index contributed by atoms with van der Waals surface area (Å²) in [5.74, 6) is -2.74. The Balaban J connectivity index is 2.19. The average molecular weight is 878 g/mol. The van der Waals surface area contributed by atoms with Crippen LogP contribution in [0.5, 0.6) is 0 Å². The van der Waals surface area contributed by atoms with Gasteiger partial charge in [0.2, 0.25) is 23.6 Å². The van der Waals surface area contributed by atoms with Crippen LogP contribution in [0.2, 0.25) is 0 Å². The molecule has 0 spiro atoms. The fourth-order valence-corrected chi connectivity index (χ4v) is 8.06. The van der Waals surface area contributed by atoms with Crippen LogP contribution in [0.15, 0.2) is 30.3 Å². The topological polar surface area (TPSA) is 183 Å². The summed E-state index contributed by atoms with van der Waals surface area (Å²) in [6.45, 7) is 15.8. The van der Waals surface area contributed by atoms with E-state index in [-0.39, 0.29) is 61.5 Å². The van der Waals surface area contributed by atoms with E-state index in [4.69, 9.17) is 28.4 Å². The third-order valence-corrected chi connectivity index (χ3v) is 11.7. The first kappa shape index (κ1) is 54.5. The second-order valence-electron chi connectivity index (χ2n) is 17.2. The highest BCUT2D eigenvalue weighted by Crippen LogP contribution is 2.29. The molecule has 0 saturated carbocycles. The Morgan fingerprint density at radius 1 is 0.774 bits per heavy atom. The van der Waals surface area contributed by atoms with E-state index in [2.05, 4.69) is 16.0 Å². The smallest absolute Gasteiger partial charge is 0.329 e. The van der Waals surface area contributed by atoms with Crippen LogP contribution in [0.3, 0.4) is 0 Å². The number of benzene rings is 1. The highest BCUT2D eigenvalue weighted by atomic mass is 16.6. The number of carbonyl (C=O) groups excluding carboxylic acids is 5. The number of rotatable bonds is 30. The van der Waals surface area contributed by atoms with Crippen molar-refractivity contribution in [2.24, 2.45) is 23.7 Å². The van der Waals surface area contributed by atoms with Crippen molar-refractivity contribution < 1.29 is 52.4 Å². The molecular formula is C46H79N5O11. The van der Waals surface area contributed by atoms with E-state index < -0.39 is 60.2 Å². The molecule has 0 unspecified atom stereocenters. The number of likely N-dealkylation sites (N-methyl/N-ethyl adjacent to an activating group) is 1. The van der Waals surface area contributed by atoms with Gasteiger partial charge in [0.05, 0.1) is 75.7 Å². The Morgan fingerprint density at radius 2 is 1.40 bits per heavy atom. The molecule has 2 rings (SSSR count). The molecule has 1 aliphatic rings. The maximum absolute atomic E-state index is 14.3. The number of hydrogen-bond acceptors (Lipinski definition) is 12. The summed E-state index contributed by atoms with van der Waals surface area (Å²) >= 11 is 0. The van der Waals surface area contributed by atoms with Crippen LogP contribution in [-0.4, -0.2) is 163 Å². The normalized spacial score (nSPS) is 18.1. The first-order valence-electron chi connectivity index (χ1n) is 22.3. The van der Waals surface area contributed by atoms with Gasteiger partial charge in [-0.2, -0.15) is 0 Å². The van der Waals surface area contributed by atoms with Crippen LogP contribution in [0.1, 0.15) is 79.7 Å². The quantitative estimate of drug-likeness (QED) is 0.0760. The van der Waals surface area contributed by atoms with E-state index >= 15 is 0 Å². The van der Waals surface area contributed by atoms with E-state index in [1.165, 1.54) is 14.2 Å². The van der Waals surface area contributed by atoms with Crippen molar-refractivity contribution in [3.63, 3.8) is 0 Å². The van der Waals surface area contributed by atoms with Crippen molar-refractivity contribution in [2.75, 3.05) is 81.6 Å². The molecule has 0 aromatic heterocycles. The Labute approximate surface area is 371 Å². The molecule has 0 radical (unpaired) electrons. The minimum Gasteiger partial charge on any atom is -0.462 e. The summed E-state index contributed by atoms with van der Waals surface area (Å²) in [5.41, 5.74) is 0.843. The Bertz CT molecular complexity index is 1470.